The van der Waals surface area contributed by atoms with E-state index in [4.69, 9.17) is 0 Å². The summed E-state index contributed by atoms with van der Waals surface area (Å²) in [4.78, 5) is 0. The average Bonchev–Trinajstić information content (AvgIpc) is 2.53. The summed E-state index contributed by atoms with van der Waals surface area (Å²) >= 11 is 0. The first-order chi connectivity index (χ1) is 7.00. The molecule has 4 aliphatic rings. The van der Waals surface area contributed by atoms with Crippen LogP contribution in [0.1, 0.15) is 53.4 Å². The van der Waals surface area contributed by atoms with E-state index < -0.39 is 0 Å². The molecule has 4 bridgehead atoms. The summed E-state index contributed by atoms with van der Waals surface area (Å²) in [6, 6.07) is 0. The minimum Gasteiger partial charge on any atom is -0.0859 e. The van der Waals surface area contributed by atoms with Crippen molar-refractivity contribution in [1.82, 2.24) is 0 Å². The van der Waals surface area contributed by atoms with Crippen LogP contribution in [0.4, 0.5) is 0 Å². The Labute approximate surface area is 94.1 Å². The predicted octanol–water partition coefficient (Wildman–Crippen LogP) is 4.42. The molecule has 0 spiro atoms. The van der Waals surface area contributed by atoms with Gasteiger partial charge in [-0.05, 0) is 68.1 Å². The Morgan fingerprint density at radius 1 is 1.20 bits per heavy atom. The summed E-state index contributed by atoms with van der Waals surface area (Å²) in [6.45, 7) is 9.61. The van der Waals surface area contributed by atoms with Gasteiger partial charge in [0.1, 0.15) is 0 Å². The SMILES string of the molecule is CC(C)=CCC[C@@]1(C)C2CC3[C@@H](C2)C31C. The zero-order chi connectivity index (χ0) is 10.8. The zero-order valence-electron chi connectivity index (χ0n) is 10.6. The van der Waals surface area contributed by atoms with E-state index in [1.54, 1.807) is 12.8 Å². The molecule has 3 unspecified atom stereocenters. The maximum Gasteiger partial charge on any atom is -0.0207 e. The molecule has 15 heavy (non-hydrogen) atoms. The van der Waals surface area contributed by atoms with Gasteiger partial charge in [-0.2, -0.15) is 0 Å². The molecule has 0 heteroatoms. The smallest absolute Gasteiger partial charge is 0.0207 e. The highest BCUT2D eigenvalue weighted by molar-refractivity contribution is 5.28. The van der Waals surface area contributed by atoms with Crippen LogP contribution < -0.4 is 0 Å². The Kier molecular flexibility index (Phi) is 1.79. The summed E-state index contributed by atoms with van der Waals surface area (Å²) in [5.41, 5.74) is 2.93. The molecule has 0 nitrogen and oxygen atoms in total. The summed E-state index contributed by atoms with van der Waals surface area (Å²) < 4.78 is 0. The number of rotatable bonds is 3. The molecule has 84 valence electrons. The van der Waals surface area contributed by atoms with Gasteiger partial charge in [-0.25, -0.2) is 0 Å². The third-order valence-electron chi connectivity index (χ3n) is 6.34. The lowest BCUT2D eigenvalue weighted by atomic mass is 9.71. The van der Waals surface area contributed by atoms with Crippen LogP contribution in [0.25, 0.3) is 0 Å². The molecule has 0 radical (unpaired) electrons. The van der Waals surface area contributed by atoms with Crippen molar-refractivity contribution in [3.63, 3.8) is 0 Å². The van der Waals surface area contributed by atoms with Crippen LogP contribution in [0.15, 0.2) is 11.6 Å². The summed E-state index contributed by atoms with van der Waals surface area (Å²) in [5, 5.41) is 0. The highest BCUT2D eigenvalue weighted by Crippen LogP contribution is 2.86. The van der Waals surface area contributed by atoms with E-state index in [1.165, 1.54) is 18.4 Å². The second kappa shape index (κ2) is 2.70. The van der Waals surface area contributed by atoms with E-state index in [0.29, 0.717) is 5.41 Å². The van der Waals surface area contributed by atoms with Crippen molar-refractivity contribution in [3.8, 4) is 0 Å². The first kappa shape index (κ1) is 9.93. The van der Waals surface area contributed by atoms with E-state index in [9.17, 15) is 0 Å². The van der Waals surface area contributed by atoms with Gasteiger partial charge in [-0.3, -0.25) is 0 Å². The van der Waals surface area contributed by atoms with Crippen LogP contribution in [0, 0.1) is 28.6 Å². The lowest BCUT2D eigenvalue weighted by Gasteiger charge is -2.34. The molecule has 0 saturated heterocycles. The van der Waals surface area contributed by atoms with Crippen LogP contribution in [-0.4, -0.2) is 0 Å². The lowest BCUT2D eigenvalue weighted by molar-refractivity contribution is 0.155. The molecule has 0 N–H and O–H groups in total. The maximum absolute atomic E-state index is 2.59. The molecular weight excluding hydrogens is 180 g/mol. The minimum absolute atomic E-state index is 0.689. The first-order valence-corrected chi connectivity index (χ1v) is 6.63. The van der Waals surface area contributed by atoms with E-state index in [2.05, 4.69) is 33.8 Å². The molecule has 0 aliphatic heterocycles. The van der Waals surface area contributed by atoms with Gasteiger partial charge < -0.3 is 0 Å². The fourth-order valence-electron chi connectivity index (χ4n) is 5.17. The third kappa shape index (κ3) is 0.990. The molecule has 0 aromatic rings. The Hall–Kier alpha value is -0.260. The van der Waals surface area contributed by atoms with E-state index in [1.807, 2.05) is 0 Å². The zero-order valence-corrected chi connectivity index (χ0v) is 10.6. The fraction of sp³-hybridized carbons (Fsp3) is 0.867. The van der Waals surface area contributed by atoms with Gasteiger partial charge in [-0.1, -0.05) is 25.5 Å². The van der Waals surface area contributed by atoms with Crippen molar-refractivity contribution < 1.29 is 0 Å². The summed E-state index contributed by atoms with van der Waals surface area (Å²) in [6.07, 6.45) is 8.30. The number of hydrogen-bond donors (Lipinski definition) is 0. The molecule has 4 rings (SSSR count). The Bertz CT molecular complexity index is 309. The van der Waals surface area contributed by atoms with Crippen LogP contribution in [0.3, 0.4) is 0 Å². The van der Waals surface area contributed by atoms with Gasteiger partial charge in [0.25, 0.3) is 0 Å². The van der Waals surface area contributed by atoms with Crippen LogP contribution in [-0.2, 0) is 0 Å². The number of allylic oxidation sites excluding steroid dienone is 2. The second-order valence-corrected chi connectivity index (χ2v) is 6.90. The lowest BCUT2D eigenvalue weighted by Crippen LogP contribution is -2.26. The van der Waals surface area contributed by atoms with Crippen molar-refractivity contribution in [2.75, 3.05) is 0 Å². The number of hydrogen-bond acceptors (Lipinski definition) is 0. The van der Waals surface area contributed by atoms with Gasteiger partial charge in [0.05, 0.1) is 0 Å². The monoisotopic (exact) mass is 204 g/mol. The Balaban J connectivity index is 1.73. The quantitative estimate of drug-likeness (QED) is 0.597. The third-order valence-corrected chi connectivity index (χ3v) is 6.34. The highest BCUT2D eigenvalue weighted by atomic mass is 14.8. The molecule has 5 atom stereocenters. The molecular formula is C15H24. The van der Waals surface area contributed by atoms with Gasteiger partial charge in [0, 0.05) is 0 Å². The topological polar surface area (TPSA) is 0 Å². The van der Waals surface area contributed by atoms with Gasteiger partial charge >= 0.3 is 0 Å². The van der Waals surface area contributed by atoms with E-state index in [0.717, 1.165) is 23.2 Å². The second-order valence-electron chi connectivity index (χ2n) is 6.90. The van der Waals surface area contributed by atoms with Crippen molar-refractivity contribution in [1.29, 1.82) is 0 Å². The maximum atomic E-state index is 2.59. The molecule has 4 saturated carbocycles. The Morgan fingerprint density at radius 2 is 1.80 bits per heavy atom. The van der Waals surface area contributed by atoms with Crippen molar-refractivity contribution in [3.05, 3.63) is 11.6 Å². The molecule has 4 fully saturated rings. The molecule has 0 aromatic heterocycles. The fourth-order valence-corrected chi connectivity index (χ4v) is 5.17. The minimum atomic E-state index is 0.689. The van der Waals surface area contributed by atoms with E-state index >= 15 is 0 Å². The van der Waals surface area contributed by atoms with Crippen molar-refractivity contribution >= 4 is 0 Å². The first-order valence-electron chi connectivity index (χ1n) is 6.63. The predicted molar refractivity (Wildman–Crippen MR) is 64.6 cm³/mol. The van der Waals surface area contributed by atoms with Gasteiger partial charge in [0.15, 0.2) is 0 Å². The summed E-state index contributed by atoms with van der Waals surface area (Å²) in [5.74, 6) is 3.32. The van der Waals surface area contributed by atoms with Crippen LogP contribution in [0.2, 0.25) is 0 Å². The van der Waals surface area contributed by atoms with E-state index in [-0.39, 0.29) is 0 Å². The van der Waals surface area contributed by atoms with Gasteiger partial charge in [0.2, 0.25) is 0 Å². The largest absolute Gasteiger partial charge is 0.0859 e. The van der Waals surface area contributed by atoms with Crippen LogP contribution in [0.5, 0.6) is 0 Å². The molecule has 0 amide bonds. The molecule has 4 aliphatic carbocycles. The van der Waals surface area contributed by atoms with Crippen molar-refractivity contribution in [2.45, 2.75) is 53.4 Å². The van der Waals surface area contributed by atoms with Gasteiger partial charge in [-0.15, -0.1) is 0 Å². The molecule has 0 aromatic carbocycles. The molecule has 0 heterocycles. The summed E-state index contributed by atoms with van der Waals surface area (Å²) in [7, 11) is 0. The van der Waals surface area contributed by atoms with Crippen molar-refractivity contribution in [2.24, 2.45) is 28.6 Å². The standard InChI is InChI=1S/C15H24/c1-10(2)6-5-7-14(3)11-8-12-13(9-11)15(12,14)4/h6,11-13H,5,7-9H2,1-4H3/t11?,12-,13?,14+,15?/m1/s1. The van der Waals surface area contributed by atoms with Crippen LogP contribution >= 0.6 is 0 Å². The highest BCUT2D eigenvalue weighted by Gasteiger charge is 2.80. The average molecular weight is 204 g/mol. The normalized spacial score (nSPS) is 54.5. The Morgan fingerprint density at radius 3 is 2.20 bits per heavy atom.